The molecule has 8 nitrogen and oxygen atoms in total. The Morgan fingerprint density at radius 1 is 1.31 bits per heavy atom. The number of ether oxygens (including phenoxy) is 1. The average molecular weight is 537 g/mol. The standard InChI is InChI=1S/C23H20ClF3N6O2S/c1-2-31-12-32-17(6-9-35-23(31)34)18(16-5-8-33(30-16)22(26)27)19(14-4-3-13(25)11-15(14)24)29-20(32)21-28-7-10-36-21/h3-5,7-8,10-11,19,22H,2,6,9,12H2,1H3/t19-/m0/s1. The fourth-order valence-electron chi connectivity index (χ4n) is 4.22. The van der Waals surface area contributed by atoms with Gasteiger partial charge in [-0.1, -0.05) is 17.7 Å². The number of nitrogens with zero attached hydrogens (tertiary/aromatic N) is 6. The molecule has 3 aromatic rings. The van der Waals surface area contributed by atoms with Crippen LogP contribution < -0.4 is 0 Å². The van der Waals surface area contributed by atoms with Gasteiger partial charge in [0.2, 0.25) is 0 Å². The number of thiazole rings is 1. The Labute approximate surface area is 213 Å². The topological polar surface area (TPSA) is 75.8 Å². The van der Waals surface area contributed by atoms with Gasteiger partial charge in [0, 0.05) is 52.6 Å². The number of carbonyl (C=O) groups excluding carboxylic acids is 1. The predicted octanol–water partition coefficient (Wildman–Crippen LogP) is 5.56. The van der Waals surface area contributed by atoms with Gasteiger partial charge in [0.05, 0.1) is 12.3 Å². The molecule has 0 unspecified atom stereocenters. The van der Waals surface area contributed by atoms with Gasteiger partial charge in [0.25, 0.3) is 0 Å². The first-order valence-corrected chi connectivity index (χ1v) is 12.3. The molecule has 1 amide bonds. The number of fused-ring (bicyclic) bond motifs is 1. The molecule has 1 saturated heterocycles. The summed E-state index contributed by atoms with van der Waals surface area (Å²) in [7, 11) is 0. The Morgan fingerprint density at radius 3 is 2.81 bits per heavy atom. The Kier molecular flexibility index (Phi) is 6.71. The summed E-state index contributed by atoms with van der Waals surface area (Å²) in [5.41, 5.74) is 1.92. The number of halogens is 4. The van der Waals surface area contributed by atoms with Crippen LogP contribution in [-0.2, 0) is 4.74 Å². The minimum atomic E-state index is -2.83. The number of carbonyl (C=O) groups is 1. The fraction of sp³-hybridized carbons (Fsp3) is 0.304. The lowest BCUT2D eigenvalue weighted by molar-refractivity contribution is 0.0564. The SMILES string of the molecule is CCN1CN2C(c3nccs3)=N[C@@H](c3ccc(F)cc3Cl)C(c3ccn(C(F)F)n3)=C2CCOC1=O. The van der Waals surface area contributed by atoms with Gasteiger partial charge in [-0.3, -0.25) is 9.89 Å². The van der Waals surface area contributed by atoms with E-state index in [-0.39, 0.29) is 30.4 Å². The van der Waals surface area contributed by atoms with Gasteiger partial charge in [-0.2, -0.15) is 13.9 Å². The van der Waals surface area contributed by atoms with Crippen molar-refractivity contribution in [3.63, 3.8) is 0 Å². The highest BCUT2D eigenvalue weighted by atomic mass is 35.5. The smallest absolute Gasteiger partial charge is 0.411 e. The van der Waals surface area contributed by atoms with E-state index in [2.05, 4.69) is 10.1 Å². The molecule has 0 bridgehead atoms. The van der Waals surface area contributed by atoms with E-state index in [0.717, 1.165) is 0 Å². The number of aromatic nitrogens is 3. The van der Waals surface area contributed by atoms with Crippen molar-refractivity contribution < 1.29 is 22.7 Å². The zero-order valence-electron chi connectivity index (χ0n) is 18.9. The lowest BCUT2D eigenvalue weighted by Crippen LogP contribution is -2.48. The quantitative estimate of drug-likeness (QED) is 0.426. The summed E-state index contributed by atoms with van der Waals surface area (Å²) >= 11 is 7.82. The molecule has 5 rings (SSSR count). The molecule has 4 heterocycles. The van der Waals surface area contributed by atoms with E-state index < -0.39 is 24.5 Å². The van der Waals surface area contributed by atoms with E-state index in [1.807, 2.05) is 11.8 Å². The van der Waals surface area contributed by atoms with Crippen LogP contribution in [0.5, 0.6) is 0 Å². The first kappa shape index (κ1) is 24.3. The van der Waals surface area contributed by atoms with E-state index in [1.54, 1.807) is 11.6 Å². The van der Waals surface area contributed by atoms with Gasteiger partial charge in [-0.25, -0.2) is 18.9 Å². The van der Waals surface area contributed by atoms with Gasteiger partial charge < -0.3 is 9.64 Å². The fourth-order valence-corrected chi connectivity index (χ4v) is 5.14. The van der Waals surface area contributed by atoms with Crippen molar-refractivity contribution in [2.45, 2.75) is 25.9 Å². The van der Waals surface area contributed by atoms with Crippen LogP contribution in [-0.4, -0.2) is 56.3 Å². The molecule has 0 spiro atoms. The highest BCUT2D eigenvalue weighted by molar-refractivity contribution is 7.11. The van der Waals surface area contributed by atoms with Gasteiger partial charge in [0.15, 0.2) is 10.8 Å². The third-order valence-corrected chi connectivity index (χ3v) is 6.99. The number of amidine groups is 1. The highest BCUT2D eigenvalue weighted by Crippen LogP contribution is 2.44. The minimum Gasteiger partial charge on any atom is -0.449 e. The first-order chi connectivity index (χ1) is 17.4. The molecule has 13 heteroatoms. The number of hydrogen-bond donors (Lipinski definition) is 0. The van der Waals surface area contributed by atoms with Crippen LogP contribution in [0.4, 0.5) is 18.0 Å². The van der Waals surface area contributed by atoms with Gasteiger partial charge in [-0.15, -0.1) is 11.3 Å². The molecule has 1 atom stereocenters. The summed E-state index contributed by atoms with van der Waals surface area (Å²) < 4.78 is 46.7. The molecule has 1 fully saturated rings. The third kappa shape index (κ3) is 4.46. The molecular formula is C23H20ClF3N6O2S. The molecule has 2 aliphatic rings. The molecule has 0 radical (unpaired) electrons. The maximum atomic E-state index is 13.9. The number of rotatable bonds is 5. The van der Waals surface area contributed by atoms with Crippen molar-refractivity contribution >= 4 is 40.4 Å². The van der Waals surface area contributed by atoms with Crippen molar-refractivity contribution in [3.8, 4) is 0 Å². The second-order valence-corrected chi connectivity index (χ2v) is 9.27. The van der Waals surface area contributed by atoms with Crippen LogP contribution in [0.25, 0.3) is 5.57 Å². The van der Waals surface area contributed by atoms with Crippen molar-refractivity contribution in [1.29, 1.82) is 0 Å². The number of alkyl halides is 2. The summed E-state index contributed by atoms with van der Waals surface area (Å²) in [6.07, 6.45) is 2.62. The number of benzene rings is 1. The summed E-state index contributed by atoms with van der Waals surface area (Å²) in [5.74, 6) is -0.0338. The molecule has 0 N–H and O–H groups in total. The third-order valence-electron chi connectivity index (χ3n) is 5.90. The van der Waals surface area contributed by atoms with Crippen molar-refractivity contribution in [2.24, 2.45) is 4.99 Å². The zero-order valence-corrected chi connectivity index (χ0v) is 20.5. The molecule has 188 valence electrons. The molecule has 36 heavy (non-hydrogen) atoms. The summed E-state index contributed by atoms with van der Waals surface area (Å²) in [5, 5.41) is 6.64. The predicted molar refractivity (Wildman–Crippen MR) is 128 cm³/mol. The number of aliphatic imine (C=N–C) groups is 1. The summed E-state index contributed by atoms with van der Waals surface area (Å²) in [6, 6.07) is 4.65. The molecular weight excluding hydrogens is 517 g/mol. The van der Waals surface area contributed by atoms with Gasteiger partial charge in [-0.05, 0) is 25.1 Å². The number of cyclic esters (lactones) is 1. The Morgan fingerprint density at radius 2 is 2.14 bits per heavy atom. The van der Waals surface area contributed by atoms with E-state index in [1.165, 1.54) is 46.7 Å². The zero-order chi connectivity index (χ0) is 25.4. The Bertz CT molecular complexity index is 1340. The lowest BCUT2D eigenvalue weighted by atomic mass is 9.91. The monoisotopic (exact) mass is 536 g/mol. The van der Waals surface area contributed by atoms with Crippen molar-refractivity contribution in [2.75, 3.05) is 19.8 Å². The van der Waals surface area contributed by atoms with E-state index in [0.29, 0.717) is 38.9 Å². The Balaban J connectivity index is 1.76. The van der Waals surface area contributed by atoms with Gasteiger partial charge >= 0.3 is 12.6 Å². The maximum Gasteiger partial charge on any atom is 0.411 e. The second-order valence-electron chi connectivity index (χ2n) is 7.97. The second kappa shape index (κ2) is 9.94. The van der Waals surface area contributed by atoms with E-state index in [4.69, 9.17) is 21.3 Å². The molecule has 0 saturated carbocycles. The molecule has 2 aromatic heterocycles. The lowest BCUT2D eigenvalue weighted by Gasteiger charge is -2.40. The number of amides is 1. The van der Waals surface area contributed by atoms with E-state index >= 15 is 0 Å². The van der Waals surface area contributed by atoms with Crippen LogP contribution in [0.15, 0.2) is 52.7 Å². The normalized spacial score (nSPS) is 18.7. The van der Waals surface area contributed by atoms with Crippen LogP contribution in [0.2, 0.25) is 5.02 Å². The maximum absolute atomic E-state index is 13.9. The van der Waals surface area contributed by atoms with E-state index in [9.17, 15) is 18.0 Å². The number of hydrogen-bond acceptors (Lipinski definition) is 7. The minimum absolute atomic E-state index is 0.0508. The molecule has 0 aliphatic carbocycles. The highest BCUT2D eigenvalue weighted by Gasteiger charge is 2.38. The summed E-state index contributed by atoms with van der Waals surface area (Å²) in [6.45, 7) is -0.486. The van der Waals surface area contributed by atoms with Crippen LogP contribution in [0, 0.1) is 5.82 Å². The van der Waals surface area contributed by atoms with Crippen LogP contribution in [0.3, 0.4) is 0 Å². The largest absolute Gasteiger partial charge is 0.449 e. The van der Waals surface area contributed by atoms with Crippen molar-refractivity contribution in [3.05, 3.63) is 74.8 Å². The molecule has 2 aliphatic heterocycles. The molecule has 1 aromatic carbocycles. The van der Waals surface area contributed by atoms with Crippen LogP contribution >= 0.6 is 22.9 Å². The average Bonchev–Trinajstić information content (AvgIpc) is 3.54. The first-order valence-electron chi connectivity index (χ1n) is 11.1. The Hall–Kier alpha value is -3.38. The van der Waals surface area contributed by atoms with Gasteiger partial charge in [0.1, 0.15) is 18.5 Å². The summed E-state index contributed by atoms with van der Waals surface area (Å²) in [4.78, 5) is 25.2. The van der Waals surface area contributed by atoms with Crippen LogP contribution in [0.1, 0.15) is 42.2 Å². The van der Waals surface area contributed by atoms with Crippen molar-refractivity contribution in [1.82, 2.24) is 24.6 Å².